The van der Waals surface area contributed by atoms with Gasteiger partial charge in [-0.1, -0.05) is 6.07 Å². The van der Waals surface area contributed by atoms with Crippen LogP contribution in [0.1, 0.15) is 27.0 Å². The predicted molar refractivity (Wildman–Crippen MR) is 122 cm³/mol. The summed E-state index contributed by atoms with van der Waals surface area (Å²) in [6, 6.07) is 7.25. The molecule has 168 valence electrons. The number of aryl methyl sites for hydroxylation is 1. The van der Waals surface area contributed by atoms with Crippen LogP contribution in [0.4, 0.5) is 26.1 Å². The second-order valence-electron chi connectivity index (χ2n) is 6.99. The number of nitrogens with one attached hydrogen (secondary N) is 3. The smallest absolute Gasteiger partial charge is 0.255 e. The lowest BCUT2D eigenvalue weighted by Crippen LogP contribution is -2.28. The molecule has 3 rings (SSSR count). The Morgan fingerprint density at radius 1 is 1.22 bits per heavy atom. The Labute approximate surface area is 187 Å². The van der Waals surface area contributed by atoms with Crippen molar-refractivity contribution in [2.75, 3.05) is 17.1 Å². The molecule has 0 bridgehead atoms. The summed E-state index contributed by atoms with van der Waals surface area (Å²) in [6.45, 7) is 1.74. The molecule has 1 amide bonds. The van der Waals surface area contributed by atoms with Gasteiger partial charge in [-0.15, -0.1) is 0 Å². The molecule has 0 saturated heterocycles. The molecule has 2 heterocycles. The molecule has 0 atom stereocenters. The van der Waals surface area contributed by atoms with Crippen molar-refractivity contribution in [3.05, 3.63) is 80.8 Å². The molecular weight excluding hydrogens is 438 g/mol. The zero-order valence-corrected chi connectivity index (χ0v) is 18.4. The molecular formula is C21H22F2N6O2S. The maximum absolute atomic E-state index is 14.8. The van der Waals surface area contributed by atoms with Gasteiger partial charge in [-0.3, -0.25) is 18.9 Å². The number of hydrogen-bond acceptors (Lipinski definition) is 7. The first-order valence-electron chi connectivity index (χ1n) is 9.50. The quantitative estimate of drug-likeness (QED) is 0.382. The molecule has 0 fully saturated rings. The maximum Gasteiger partial charge on any atom is 0.255 e. The number of nitrogens with zero attached hydrogens (tertiary/aromatic N) is 2. The van der Waals surface area contributed by atoms with E-state index in [1.165, 1.54) is 37.5 Å². The van der Waals surface area contributed by atoms with E-state index in [-0.39, 0.29) is 40.4 Å². The fourth-order valence-electron chi connectivity index (χ4n) is 3.11. The Balaban J connectivity index is 2.03. The highest BCUT2D eigenvalue weighted by atomic mass is 32.2. The van der Waals surface area contributed by atoms with Crippen LogP contribution < -0.4 is 26.1 Å². The standard InChI is InChI=1S/C21H22F2N6O2S/c1-11-4-5-16(15(22)8-11)27-20-14(18(24)30)10-13(21(31)29(20)3)9-12-6-7-26-19(17(12)23)28-32-25-2/h4-8,10,25,27H,9H2,1-3H3,(H2,24,30)(H,26,28). The zero-order chi connectivity index (χ0) is 23.4. The minimum absolute atomic E-state index is 0.00179. The van der Waals surface area contributed by atoms with E-state index in [1.807, 2.05) is 0 Å². The van der Waals surface area contributed by atoms with E-state index in [2.05, 4.69) is 19.7 Å². The average Bonchev–Trinajstić information content (AvgIpc) is 2.75. The number of aromatic nitrogens is 2. The number of rotatable bonds is 8. The highest BCUT2D eigenvalue weighted by Gasteiger charge is 2.19. The number of anilines is 3. The van der Waals surface area contributed by atoms with Gasteiger partial charge in [0.25, 0.3) is 11.5 Å². The number of amides is 1. The first-order valence-corrected chi connectivity index (χ1v) is 10.3. The molecule has 0 aliphatic carbocycles. The highest BCUT2D eigenvalue weighted by Crippen LogP contribution is 2.25. The van der Waals surface area contributed by atoms with Gasteiger partial charge in [0, 0.05) is 37.4 Å². The number of primary amides is 1. The van der Waals surface area contributed by atoms with Crippen LogP contribution in [-0.2, 0) is 13.5 Å². The van der Waals surface area contributed by atoms with Gasteiger partial charge in [-0.25, -0.2) is 18.5 Å². The minimum Gasteiger partial charge on any atom is -0.365 e. The third-order valence-corrected chi connectivity index (χ3v) is 5.23. The topological polar surface area (TPSA) is 114 Å². The van der Waals surface area contributed by atoms with Gasteiger partial charge in [0.15, 0.2) is 11.6 Å². The van der Waals surface area contributed by atoms with E-state index in [0.29, 0.717) is 5.56 Å². The van der Waals surface area contributed by atoms with Crippen LogP contribution in [0.25, 0.3) is 0 Å². The lowest BCUT2D eigenvalue weighted by Gasteiger charge is -2.17. The van der Waals surface area contributed by atoms with Gasteiger partial charge in [0.05, 0.1) is 11.3 Å². The average molecular weight is 461 g/mol. The molecule has 0 radical (unpaired) electrons. The zero-order valence-electron chi connectivity index (χ0n) is 17.6. The van der Waals surface area contributed by atoms with E-state index in [9.17, 15) is 18.4 Å². The van der Waals surface area contributed by atoms with Gasteiger partial charge in [-0.2, -0.15) is 0 Å². The van der Waals surface area contributed by atoms with Crippen LogP contribution >= 0.6 is 12.1 Å². The van der Waals surface area contributed by atoms with Gasteiger partial charge >= 0.3 is 0 Å². The number of benzene rings is 1. The number of pyridine rings is 2. The van der Waals surface area contributed by atoms with E-state index >= 15 is 0 Å². The Morgan fingerprint density at radius 3 is 2.62 bits per heavy atom. The van der Waals surface area contributed by atoms with Crippen molar-refractivity contribution in [3.8, 4) is 0 Å². The fourth-order valence-corrected chi connectivity index (χ4v) is 3.45. The molecule has 0 saturated carbocycles. The maximum atomic E-state index is 14.8. The summed E-state index contributed by atoms with van der Waals surface area (Å²) in [5, 5.41) is 2.78. The van der Waals surface area contributed by atoms with Crippen molar-refractivity contribution in [3.63, 3.8) is 0 Å². The summed E-state index contributed by atoms with van der Waals surface area (Å²) in [5.74, 6) is -1.95. The minimum atomic E-state index is -0.820. The van der Waals surface area contributed by atoms with Crippen molar-refractivity contribution < 1.29 is 13.6 Å². The molecule has 8 nitrogen and oxygen atoms in total. The molecule has 1 aromatic carbocycles. The second-order valence-corrected chi connectivity index (χ2v) is 7.80. The lowest BCUT2D eigenvalue weighted by atomic mass is 10.0. The molecule has 3 aromatic rings. The van der Waals surface area contributed by atoms with Crippen molar-refractivity contribution >= 4 is 35.4 Å². The van der Waals surface area contributed by atoms with Gasteiger partial charge < -0.3 is 11.1 Å². The Bertz CT molecular complexity index is 1230. The summed E-state index contributed by atoms with van der Waals surface area (Å²) >= 11 is 1.04. The summed E-state index contributed by atoms with van der Waals surface area (Å²) in [5.41, 5.74) is 6.17. The monoisotopic (exact) mass is 460 g/mol. The van der Waals surface area contributed by atoms with Gasteiger partial charge in [-0.05, 0) is 49.4 Å². The van der Waals surface area contributed by atoms with Crippen LogP contribution in [0.5, 0.6) is 0 Å². The van der Waals surface area contributed by atoms with Crippen LogP contribution in [0.2, 0.25) is 0 Å². The Kier molecular flexibility index (Phi) is 7.11. The molecule has 0 aliphatic rings. The highest BCUT2D eigenvalue weighted by molar-refractivity contribution is 7.98. The third kappa shape index (κ3) is 4.89. The number of carbonyl (C=O) groups excluding carboxylic acids is 1. The fraction of sp³-hybridized carbons (Fsp3) is 0.190. The van der Waals surface area contributed by atoms with E-state index in [1.54, 1.807) is 20.0 Å². The van der Waals surface area contributed by atoms with E-state index in [0.717, 1.165) is 16.7 Å². The SMILES string of the molecule is CNSNc1nccc(Cc2cc(C(N)=O)c(Nc3ccc(C)cc3F)n(C)c2=O)c1F. The Morgan fingerprint density at radius 2 is 1.97 bits per heavy atom. The largest absolute Gasteiger partial charge is 0.365 e. The summed E-state index contributed by atoms with van der Waals surface area (Å²) in [6.07, 6.45) is 1.31. The van der Waals surface area contributed by atoms with Crippen LogP contribution in [-0.4, -0.2) is 22.5 Å². The Hall–Kier alpha value is -3.44. The van der Waals surface area contributed by atoms with Crippen LogP contribution in [0.3, 0.4) is 0 Å². The van der Waals surface area contributed by atoms with E-state index < -0.39 is 23.1 Å². The molecule has 32 heavy (non-hydrogen) atoms. The molecule has 0 unspecified atom stereocenters. The van der Waals surface area contributed by atoms with Crippen LogP contribution in [0, 0.1) is 18.6 Å². The summed E-state index contributed by atoms with van der Waals surface area (Å²) in [7, 11) is 3.08. The van der Waals surface area contributed by atoms with Gasteiger partial charge in [0.1, 0.15) is 11.6 Å². The number of nitrogens with two attached hydrogens (primary N) is 1. The summed E-state index contributed by atoms with van der Waals surface area (Å²) < 4.78 is 35.7. The van der Waals surface area contributed by atoms with Gasteiger partial charge in [0.2, 0.25) is 0 Å². The van der Waals surface area contributed by atoms with Crippen molar-refractivity contribution in [2.24, 2.45) is 12.8 Å². The van der Waals surface area contributed by atoms with Crippen molar-refractivity contribution in [1.82, 2.24) is 14.3 Å². The first-order chi connectivity index (χ1) is 15.2. The van der Waals surface area contributed by atoms with Crippen molar-refractivity contribution in [2.45, 2.75) is 13.3 Å². The number of hydrogen-bond donors (Lipinski definition) is 4. The molecule has 0 spiro atoms. The third-order valence-electron chi connectivity index (χ3n) is 4.73. The van der Waals surface area contributed by atoms with Crippen LogP contribution in [0.15, 0.2) is 41.3 Å². The molecule has 11 heteroatoms. The second kappa shape index (κ2) is 9.79. The first kappa shape index (κ1) is 23.2. The normalized spacial score (nSPS) is 10.8. The number of carbonyl (C=O) groups is 1. The number of halogens is 2. The summed E-state index contributed by atoms with van der Waals surface area (Å²) in [4.78, 5) is 29.0. The molecule has 0 aliphatic heterocycles. The predicted octanol–water partition coefficient (Wildman–Crippen LogP) is 2.99. The van der Waals surface area contributed by atoms with Crippen molar-refractivity contribution in [1.29, 1.82) is 0 Å². The lowest BCUT2D eigenvalue weighted by molar-refractivity contribution is 0.100. The molecule has 2 aromatic heterocycles. The molecule has 5 N–H and O–H groups in total. The van der Waals surface area contributed by atoms with E-state index in [4.69, 9.17) is 5.73 Å².